The Labute approximate surface area is 156 Å². The molecule has 0 aliphatic rings. The molecule has 25 heavy (non-hydrogen) atoms. The molecular weight excluding hydrogens is 374 g/mol. The quantitative estimate of drug-likeness (QED) is 0.420. The van der Waals surface area contributed by atoms with Crippen LogP contribution >= 0.6 is 15.9 Å². The van der Waals surface area contributed by atoms with Crippen LogP contribution in [0.1, 0.15) is 21.5 Å². The van der Waals surface area contributed by atoms with Crippen molar-refractivity contribution in [2.45, 2.75) is 6.92 Å². The van der Waals surface area contributed by atoms with Crippen molar-refractivity contribution in [3.8, 4) is 0 Å². The van der Waals surface area contributed by atoms with Crippen LogP contribution in [0.4, 0.5) is 5.69 Å². The first-order chi connectivity index (χ1) is 12.1. The van der Waals surface area contributed by atoms with Crippen LogP contribution in [0.15, 0.2) is 89.4 Å². The van der Waals surface area contributed by atoms with E-state index in [4.69, 9.17) is 0 Å². The van der Waals surface area contributed by atoms with E-state index in [9.17, 15) is 4.79 Å². The van der Waals surface area contributed by atoms with Crippen molar-refractivity contribution >= 4 is 33.1 Å². The number of anilines is 1. The fraction of sp³-hybridized carbons (Fsp3) is 0.0455. The van der Waals surface area contributed by atoms with Crippen LogP contribution in [0.25, 0.3) is 5.70 Å². The predicted octanol–water partition coefficient (Wildman–Crippen LogP) is 6.09. The molecule has 0 aliphatic heterocycles. The number of allylic oxidation sites excluding steroid dienone is 1. The Bertz CT molecular complexity index is 902. The van der Waals surface area contributed by atoms with E-state index in [2.05, 4.69) is 21.2 Å². The third kappa shape index (κ3) is 4.46. The minimum atomic E-state index is -0.0270. The second kappa shape index (κ2) is 7.95. The second-order valence-electron chi connectivity index (χ2n) is 5.74. The molecule has 0 heterocycles. The third-order valence-electron chi connectivity index (χ3n) is 3.86. The van der Waals surface area contributed by atoms with E-state index in [0.29, 0.717) is 5.56 Å². The molecule has 3 aromatic rings. The lowest BCUT2D eigenvalue weighted by molar-refractivity contribution is 0.104. The molecule has 0 aromatic heterocycles. The highest BCUT2D eigenvalue weighted by Gasteiger charge is 2.08. The summed E-state index contributed by atoms with van der Waals surface area (Å²) in [5.74, 6) is -0.0270. The molecule has 0 unspecified atom stereocenters. The van der Waals surface area contributed by atoms with E-state index in [1.165, 1.54) is 0 Å². The van der Waals surface area contributed by atoms with Crippen molar-refractivity contribution in [2.24, 2.45) is 0 Å². The van der Waals surface area contributed by atoms with Gasteiger partial charge in [0.15, 0.2) is 5.78 Å². The Morgan fingerprint density at radius 3 is 2.08 bits per heavy atom. The summed E-state index contributed by atoms with van der Waals surface area (Å²) < 4.78 is 1.06. The van der Waals surface area contributed by atoms with Gasteiger partial charge in [-0.3, -0.25) is 4.79 Å². The summed E-state index contributed by atoms with van der Waals surface area (Å²) in [6.45, 7) is 2.04. The van der Waals surface area contributed by atoms with Crippen LogP contribution in [0.5, 0.6) is 0 Å². The average molecular weight is 392 g/mol. The molecular formula is C22H18BrNO. The van der Waals surface area contributed by atoms with E-state index in [1.54, 1.807) is 6.08 Å². The van der Waals surface area contributed by atoms with Crippen LogP contribution in [0.2, 0.25) is 0 Å². The number of carbonyl (C=O) groups is 1. The first kappa shape index (κ1) is 17.2. The number of carbonyl (C=O) groups excluding carboxylic acids is 1. The van der Waals surface area contributed by atoms with Crippen molar-refractivity contribution in [3.63, 3.8) is 0 Å². The van der Waals surface area contributed by atoms with Crippen molar-refractivity contribution in [1.82, 2.24) is 0 Å². The standard InChI is InChI=1S/C22H18BrNO/c1-16-14-19(12-13-20(16)23)24-21(17-8-4-2-5-9-17)15-22(25)18-10-6-3-7-11-18/h2-15,24H,1H3/b21-15-. The Morgan fingerprint density at radius 2 is 1.48 bits per heavy atom. The first-order valence-corrected chi connectivity index (χ1v) is 8.82. The van der Waals surface area contributed by atoms with Gasteiger partial charge in [0.25, 0.3) is 0 Å². The van der Waals surface area contributed by atoms with E-state index in [-0.39, 0.29) is 5.78 Å². The van der Waals surface area contributed by atoms with Crippen molar-refractivity contribution < 1.29 is 4.79 Å². The van der Waals surface area contributed by atoms with E-state index in [1.807, 2.05) is 85.8 Å². The van der Waals surface area contributed by atoms with Gasteiger partial charge in [0.05, 0.1) is 0 Å². The lowest BCUT2D eigenvalue weighted by atomic mass is 10.1. The summed E-state index contributed by atoms with van der Waals surface area (Å²) in [5, 5.41) is 3.38. The van der Waals surface area contributed by atoms with E-state index >= 15 is 0 Å². The van der Waals surface area contributed by atoms with Crippen LogP contribution < -0.4 is 5.32 Å². The largest absolute Gasteiger partial charge is 0.355 e. The van der Waals surface area contributed by atoms with Gasteiger partial charge in [-0.25, -0.2) is 0 Å². The smallest absolute Gasteiger partial charge is 0.187 e. The number of benzene rings is 3. The van der Waals surface area contributed by atoms with Crippen LogP contribution in [0.3, 0.4) is 0 Å². The molecule has 0 saturated carbocycles. The van der Waals surface area contributed by atoms with Crippen LogP contribution in [0, 0.1) is 6.92 Å². The fourth-order valence-electron chi connectivity index (χ4n) is 2.50. The molecule has 0 saturated heterocycles. The maximum atomic E-state index is 12.6. The van der Waals surface area contributed by atoms with Gasteiger partial charge >= 0.3 is 0 Å². The number of aryl methyl sites for hydroxylation is 1. The van der Waals surface area contributed by atoms with Crippen molar-refractivity contribution in [1.29, 1.82) is 0 Å². The molecule has 3 heteroatoms. The first-order valence-electron chi connectivity index (χ1n) is 8.03. The number of hydrogen-bond acceptors (Lipinski definition) is 2. The highest BCUT2D eigenvalue weighted by atomic mass is 79.9. The molecule has 3 rings (SSSR count). The SMILES string of the molecule is Cc1cc(N/C(=C\C(=O)c2ccccc2)c2ccccc2)ccc1Br. The molecule has 124 valence electrons. The summed E-state index contributed by atoms with van der Waals surface area (Å²) in [6.07, 6.45) is 1.65. The zero-order chi connectivity index (χ0) is 17.6. The molecule has 0 amide bonds. The number of hydrogen-bond donors (Lipinski definition) is 1. The number of halogens is 1. The molecule has 3 aromatic carbocycles. The molecule has 2 nitrogen and oxygen atoms in total. The molecule has 0 atom stereocenters. The monoisotopic (exact) mass is 391 g/mol. The molecule has 0 spiro atoms. The minimum Gasteiger partial charge on any atom is -0.355 e. The summed E-state index contributed by atoms with van der Waals surface area (Å²) in [6, 6.07) is 25.2. The normalized spacial score (nSPS) is 11.2. The summed E-state index contributed by atoms with van der Waals surface area (Å²) >= 11 is 3.51. The molecule has 0 bridgehead atoms. The molecule has 0 radical (unpaired) electrons. The summed E-state index contributed by atoms with van der Waals surface area (Å²) in [5.41, 5.74) is 4.48. The van der Waals surface area contributed by atoms with Gasteiger partial charge in [-0.2, -0.15) is 0 Å². The van der Waals surface area contributed by atoms with Crippen LogP contribution in [-0.2, 0) is 0 Å². The Balaban J connectivity index is 1.97. The highest BCUT2D eigenvalue weighted by Crippen LogP contribution is 2.24. The Hall–Kier alpha value is -2.65. The number of ketones is 1. The van der Waals surface area contributed by atoms with E-state index in [0.717, 1.165) is 27.0 Å². The maximum absolute atomic E-state index is 12.6. The highest BCUT2D eigenvalue weighted by molar-refractivity contribution is 9.10. The maximum Gasteiger partial charge on any atom is 0.187 e. The van der Waals surface area contributed by atoms with Gasteiger partial charge < -0.3 is 5.32 Å². The lowest BCUT2D eigenvalue weighted by Gasteiger charge is -2.13. The lowest BCUT2D eigenvalue weighted by Crippen LogP contribution is -2.03. The predicted molar refractivity (Wildman–Crippen MR) is 108 cm³/mol. The van der Waals surface area contributed by atoms with E-state index < -0.39 is 0 Å². The van der Waals surface area contributed by atoms with Gasteiger partial charge in [0, 0.05) is 27.5 Å². The van der Waals surface area contributed by atoms with Crippen molar-refractivity contribution in [3.05, 3.63) is 106 Å². The number of nitrogens with one attached hydrogen (secondary N) is 1. The topological polar surface area (TPSA) is 29.1 Å². The zero-order valence-electron chi connectivity index (χ0n) is 13.9. The fourth-order valence-corrected chi connectivity index (χ4v) is 2.75. The second-order valence-corrected chi connectivity index (χ2v) is 6.60. The minimum absolute atomic E-state index is 0.0270. The molecule has 0 fully saturated rings. The third-order valence-corrected chi connectivity index (χ3v) is 4.75. The van der Waals surface area contributed by atoms with Gasteiger partial charge in [-0.05, 0) is 36.2 Å². The van der Waals surface area contributed by atoms with Gasteiger partial charge in [-0.15, -0.1) is 0 Å². The Kier molecular flexibility index (Phi) is 5.46. The molecule has 1 N–H and O–H groups in total. The van der Waals surface area contributed by atoms with Gasteiger partial charge in [-0.1, -0.05) is 76.6 Å². The molecule has 0 aliphatic carbocycles. The van der Waals surface area contributed by atoms with Crippen molar-refractivity contribution in [2.75, 3.05) is 5.32 Å². The average Bonchev–Trinajstić information content (AvgIpc) is 2.65. The summed E-state index contributed by atoms with van der Waals surface area (Å²) in [7, 11) is 0. The Morgan fingerprint density at radius 1 is 0.880 bits per heavy atom. The summed E-state index contributed by atoms with van der Waals surface area (Å²) in [4.78, 5) is 12.6. The van der Waals surface area contributed by atoms with Crippen LogP contribution in [-0.4, -0.2) is 5.78 Å². The van der Waals surface area contributed by atoms with Gasteiger partial charge in [0.1, 0.15) is 0 Å². The zero-order valence-corrected chi connectivity index (χ0v) is 15.5. The number of rotatable bonds is 5. The van der Waals surface area contributed by atoms with Gasteiger partial charge in [0.2, 0.25) is 0 Å².